The minimum atomic E-state index is -0.358. The molecule has 0 bridgehead atoms. The number of carbonyl (C=O) groups excluding carboxylic acids is 2. The van der Waals surface area contributed by atoms with Crippen molar-refractivity contribution < 1.29 is 9.59 Å². The summed E-state index contributed by atoms with van der Waals surface area (Å²) in [5.41, 5.74) is 1.49. The van der Waals surface area contributed by atoms with Gasteiger partial charge in [0.05, 0.1) is 10.7 Å². The highest BCUT2D eigenvalue weighted by Crippen LogP contribution is 2.26. The molecule has 0 aromatic carbocycles. The lowest BCUT2D eigenvalue weighted by Gasteiger charge is -2.15. The number of halogens is 1. The van der Waals surface area contributed by atoms with Crippen molar-refractivity contribution in [2.45, 2.75) is 20.3 Å². The molecule has 0 spiro atoms. The molecular formula is C11H12ClNO2. The van der Waals surface area contributed by atoms with Gasteiger partial charge in [-0.05, 0) is 24.1 Å². The Labute approximate surface area is 93.5 Å². The fourth-order valence-corrected chi connectivity index (χ4v) is 1.33. The molecule has 0 aromatic rings. The maximum absolute atomic E-state index is 11.6. The lowest BCUT2D eigenvalue weighted by Crippen LogP contribution is -2.28. The Balaban J connectivity index is 2.95. The molecule has 0 radical (unpaired) electrons. The summed E-state index contributed by atoms with van der Waals surface area (Å²) in [6.07, 6.45) is 1.86. The minimum Gasteiger partial charge on any atom is -0.323 e. The quantitative estimate of drug-likeness (QED) is 0.782. The lowest BCUT2D eigenvalue weighted by atomic mass is 9.99. The van der Waals surface area contributed by atoms with Gasteiger partial charge in [-0.1, -0.05) is 25.1 Å². The van der Waals surface area contributed by atoms with Crippen LogP contribution in [-0.2, 0) is 9.59 Å². The van der Waals surface area contributed by atoms with E-state index < -0.39 is 0 Å². The van der Waals surface area contributed by atoms with E-state index in [4.69, 9.17) is 11.6 Å². The summed E-state index contributed by atoms with van der Waals surface area (Å²) < 4.78 is 0. The Morgan fingerprint density at radius 1 is 1.60 bits per heavy atom. The zero-order valence-corrected chi connectivity index (χ0v) is 9.44. The van der Waals surface area contributed by atoms with E-state index in [1.807, 2.05) is 0 Å². The van der Waals surface area contributed by atoms with Crippen LogP contribution in [0.2, 0.25) is 0 Å². The molecule has 0 saturated carbocycles. The van der Waals surface area contributed by atoms with Crippen molar-refractivity contribution in [1.29, 1.82) is 0 Å². The predicted octanol–water partition coefficient (Wildman–Crippen LogP) is 2.05. The highest BCUT2D eigenvalue weighted by atomic mass is 35.5. The van der Waals surface area contributed by atoms with E-state index in [2.05, 4.69) is 11.9 Å². The zero-order chi connectivity index (χ0) is 11.6. The first-order chi connectivity index (χ1) is 6.97. The molecule has 3 nitrogen and oxygen atoms in total. The van der Waals surface area contributed by atoms with E-state index in [0.29, 0.717) is 17.6 Å². The van der Waals surface area contributed by atoms with Crippen molar-refractivity contribution in [2.24, 2.45) is 0 Å². The van der Waals surface area contributed by atoms with Gasteiger partial charge in [0.15, 0.2) is 0 Å². The number of allylic oxidation sites excluding steroid dienone is 4. The molecule has 0 heterocycles. The molecule has 0 fully saturated rings. The third kappa shape index (κ3) is 2.36. The maximum atomic E-state index is 11.6. The van der Waals surface area contributed by atoms with Crippen molar-refractivity contribution in [3.63, 3.8) is 0 Å². The normalized spacial score (nSPS) is 16.6. The summed E-state index contributed by atoms with van der Waals surface area (Å²) >= 11 is 5.81. The van der Waals surface area contributed by atoms with Crippen molar-refractivity contribution in [1.82, 2.24) is 5.32 Å². The van der Waals surface area contributed by atoms with E-state index in [9.17, 15) is 9.59 Å². The number of rotatable bonds is 2. The Hall–Kier alpha value is -1.35. The van der Waals surface area contributed by atoms with E-state index in [1.165, 1.54) is 6.08 Å². The SMILES string of the molecule is C=C1C=C(NC(=O)CC)C(=O)C(Cl)=C1C. The van der Waals surface area contributed by atoms with Gasteiger partial charge in [-0.3, -0.25) is 9.59 Å². The molecule has 0 aliphatic heterocycles. The van der Waals surface area contributed by atoms with Crippen molar-refractivity contribution in [3.8, 4) is 0 Å². The van der Waals surface area contributed by atoms with Crippen LogP contribution in [0.4, 0.5) is 0 Å². The molecule has 15 heavy (non-hydrogen) atoms. The van der Waals surface area contributed by atoms with E-state index in [-0.39, 0.29) is 22.4 Å². The largest absolute Gasteiger partial charge is 0.323 e. The molecule has 80 valence electrons. The van der Waals surface area contributed by atoms with Crippen LogP contribution in [0, 0.1) is 0 Å². The first kappa shape index (κ1) is 11.7. The minimum absolute atomic E-state index is 0.119. The molecule has 4 heteroatoms. The van der Waals surface area contributed by atoms with Gasteiger partial charge in [0.25, 0.3) is 0 Å². The first-order valence-electron chi connectivity index (χ1n) is 4.59. The van der Waals surface area contributed by atoms with Crippen molar-refractivity contribution in [3.05, 3.63) is 34.5 Å². The summed E-state index contributed by atoms with van der Waals surface area (Å²) in [6, 6.07) is 0. The molecule has 0 atom stereocenters. The highest BCUT2D eigenvalue weighted by Gasteiger charge is 2.22. The van der Waals surface area contributed by atoms with Gasteiger partial charge in [-0.2, -0.15) is 0 Å². The van der Waals surface area contributed by atoms with Crippen LogP contribution in [-0.4, -0.2) is 11.7 Å². The average molecular weight is 226 g/mol. The third-order valence-electron chi connectivity index (χ3n) is 2.17. The fourth-order valence-electron chi connectivity index (χ4n) is 1.11. The summed E-state index contributed by atoms with van der Waals surface area (Å²) in [6.45, 7) is 7.17. The Kier molecular flexibility index (Phi) is 3.48. The average Bonchev–Trinajstić information content (AvgIpc) is 2.22. The van der Waals surface area contributed by atoms with Crippen LogP contribution in [0.3, 0.4) is 0 Å². The Morgan fingerprint density at radius 3 is 2.73 bits per heavy atom. The van der Waals surface area contributed by atoms with E-state index in [0.717, 1.165) is 0 Å². The van der Waals surface area contributed by atoms with Crippen LogP contribution in [0.15, 0.2) is 34.5 Å². The summed E-state index contributed by atoms with van der Waals surface area (Å²) in [5, 5.41) is 2.61. The number of ketones is 1. The van der Waals surface area contributed by atoms with Gasteiger partial charge >= 0.3 is 0 Å². The lowest BCUT2D eigenvalue weighted by molar-refractivity contribution is -0.121. The molecule has 1 aliphatic carbocycles. The third-order valence-corrected chi connectivity index (χ3v) is 2.62. The number of hydrogen-bond donors (Lipinski definition) is 1. The molecule has 1 N–H and O–H groups in total. The van der Waals surface area contributed by atoms with Crippen molar-refractivity contribution >= 4 is 23.3 Å². The molecule has 1 amide bonds. The summed E-state index contributed by atoms with van der Waals surface area (Å²) in [7, 11) is 0. The number of Topliss-reactive ketones (excluding diaryl/α,β-unsaturated/α-hetero) is 1. The summed E-state index contributed by atoms with van der Waals surface area (Å²) in [5.74, 6) is -0.574. The summed E-state index contributed by atoms with van der Waals surface area (Å²) in [4.78, 5) is 22.7. The van der Waals surface area contributed by atoms with Gasteiger partial charge in [-0.15, -0.1) is 0 Å². The second-order valence-electron chi connectivity index (χ2n) is 3.25. The Morgan fingerprint density at radius 2 is 2.20 bits per heavy atom. The smallest absolute Gasteiger partial charge is 0.224 e. The van der Waals surface area contributed by atoms with Gasteiger partial charge in [-0.25, -0.2) is 0 Å². The van der Waals surface area contributed by atoms with Crippen molar-refractivity contribution in [2.75, 3.05) is 0 Å². The van der Waals surface area contributed by atoms with Gasteiger partial charge in [0, 0.05) is 6.42 Å². The molecular weight excluding hydrogens is 214 g/mol. The predicted molar refractivity (Wildman–Crippen MR) is 59.2 cm³/mol. The second kappa shape index (κ2) is 4.45. The number of carbonyl (C=O) groups is 2. The topological polar surface area (TPSA) is 46.2 Å². The van der Waals surface area contributed by atoms with E-state index in [1.54, 1.807) is 13.8 Å². The van der Waals surface area contributed by atoms with Gasteiger partial charge in [0.1, 0.15) is 0 Å². The van der Waals surface area contributed by atoms with Crippen LogP contribution in [0.25, 0.3) is 0 Å². The number of hydrogen-bond acceptors (Lipinski definition) is 2. The number of amides is 1. The van der Waals surface area contributed by atoms with Crippen LogP contribution < -0.4 is 5.32 Å². The molecule has 1 rings (SSSR count). The van der Waals surface area contributed by atoms with Gasteiger partial charge in [0.2, 0.25) is 11.7 Å². The highest BCUT2D eigenvalue weighted by molar-refractivity contribution is 6.46. The van der Waals surface area contributed by atoms with Crippen LogP contribution in [0.1, 0.15) is 20.3 Å². The molecule has 0 saturated heterocycles. The Bertz CT molecular complexity index is 405. The second-order valence-corrected chi connectivity index (χ2v) is 3.63. The van der Waals surface area contributed by atoms with Crippen LogP contribution >= 0.6 is 11.6 Å². The van der Waals surface area contributed by atoms with Gasteiger partial charge < -0.3 is 5.32 Å². The van der Waals surface area contributed by atoms with E-state index >= 15 is 0 Å². The molecule has 0 unspecified atom stereocenters. The molecule has 0 aromatic heterocycles. The monoisotopic (exact) mass is 225 g/mol. The first-order valence-corrected chi connectivity index (χ1v) is 4.97. The fraction of sp³-hybridized carbons (Fsp3) is 0.273. The van der Waals surface area contributed by atoms with Crippen LogP contribution in [0.5, 0.6) is 0 Å². The number of nitrogens with one attached hydrogen (secondary N) is 1. The maximum Gasteiger partial charge on any atom is 0.224 e. The zero-order valence-electron chi connectivity index (χ0n) is 8.69. The standard InChI is InChI=1S/C11H12ClNO2/c1-4-9(14)13-8-5-6(2)7(3)10(12)11(8)15/h5H,2,4H2,1,3H3,(H,13,14). The molecule has 1 aliphatic rings.